The lowest BCUT2D eigenvalue weighted by Gasteiger charge is -2.34. The molecule has 0 saturated heterocycles. The monoisotopic (exact) mass is 138 g/mol. The molecule has 0 fully saturated rings. The van der Waals surface area contributed by atoms with Crippen molar-refractivity contribution >= 4 is 11.3 Å². The summed E-state index contributed by atoms with van der Waals surface area (Å²) in [4.78, 5) is 1.60. The number of rotatable bonds is 0. The van der Waals surface area contributed by atoms with E-state index in [1.54, 1.807) is 10.4 Å². The van der Waals surface area contributed by atoms with Gasteiger partial charge in [0.2, 0.25) is 0 Å². The van der Waals surface area contributed by atoms with Crippen LogP contribution in [0.3, 0.4) is 0 Å². The molecular formula is C8H10S. The fourth-order valence-corrected chi connectivity index (χ4v) is 2.75. The molecule has 1 aliphatic carbocycles. The van der Waals surface area contributed by atoms with Crippen LogP contribution in [0.15, 0.2) is 11.4 Å². The van der Waals surface area contributed by atoms with Gasteiger partial charge in [-0.15, -0.1) is 11.3 Å². The summed E-state index contributed by atoms with van der Waals surface area (Å²) in [5.41, 5.74) is 2.07. The predicted molar refractivity (Wildman–Crippen MR) is 41.0 cm³/mol. The van der Waals surface area contributed by atoms with Crippen LogP contribution < -0.4 is 0 Å². The molecule has 0 saturated carbocycles. The first-order chi connectivity index (χ1) is 4.20. The standard InChI is InChI=1S/C8H10S/c1-8(2)5-7-6(8)3-4-9-7/h3-4H,5H2,1-2H3. The van der Waals surface area contributed by atoms with Crippen molar-refractivity contribution in [3.63, 3.8) is 0 Å². The quantitative estimate of drug-likeness (QED) is 0.517. The van der Waals surface area contributed by atoms with Crippen molar-refractivity contribution < 1.29 is 0 Å². The third kappa shape index (κ3) is 0.584. The van der Waals surface area contributed by atoms with Gasteiger partial charge in [0.05, 0.1) is 0 Å². The average molecular weight is 138 g/mol. The minimum Gasteiger partial charge on any atom is -0.149 e. The Bertz CT molecular complexity index is 232. The molecule has 0 unspecified atom stereocenters. The van der Waals surface area contributed by atoms with Crippen molar-refractivity contribution in [2.24, 2.45) is 0 Å². The van der Waals surface area contributed by atoms with E-state index in [9.17, 15) is 0 Å². The van der Waals surface area contributed by atoms with E-state index in [-0.39, 0.29) is 0 Å². The molecule has 1 heterocycles. The highest BCUT2D eigenvalue weighted by molar-refractivity contribution is 7.10. The predicted octanol–water partition coefficient (Wildman–Crippen LogP) is 2.58. The van der Waals surface area contributed by atoms with Gasteiger partial charge >= 0.3 is 0 Å². The summed E-state index contributed by atoms with van der Waals surface area (Å²) in [6.07, 6.45) is 1.29. The molecule has 0 aromatic carbocycles. The second-order valence-corrected chi connectivity index (χ2v) is 4.32. The first kappa shape index (κ1) is 5.48. The molecule has 1 aromatic heterocycles. The normalized spacial score (nSPS) is 20.7. The van der Waals surface area contributed by atoms with E-state index in [4.69, 9.17) is 0 Å². The summed E-state index contributed by atoms with van der Waals surface area (Å²) in [7, 11) is 0. The van der Waals surface area contributed by atoms with Gasteiger partial charge in [-0.05, 0) is 28.8 Å². The Kier molecular flexibility index (Phi) is 0.854. The van der Waals surface area contributed by atoms with Crippen LogP contribution >= 0.6 is 11.3 Å². The average Bonchev–Trinajstić information content (AvgIpc) is 2.10. The van der Waals surface area contributed by atoms with Gasteiger partial charge in [-0.2, -0.15) is 0 Å². The molecular weight excluding hydrogens is 128 g/mol. The van der Waals surface area contributed by atoms with Crippen LogP contribution in [0.5, 0.6) is 0 Å². The fourth-order valence-electron chi connectivity index (χ4n) is 1.47. The van der Waals surface area contributed by atoms with E-state index < -0.39 is 0 Å². The molecule has 9 heavy (non-hydrogen) atoms. The van der Waals surface area contributed by atoms with Gasteiger partial charge in [-0.25, -0.2) is 0 Å². The lowest BCUT2D eigenvalue weighted by molar-refractivity contribution is 0.466. The molecule has 0 N–H and O–H groups in total. The van der Waals surface area contributed by atoms with Crippen molar-refractivity contribution in [2.45, 2.75) is 25.7 Å². The van der Waals surface area contributed by atoms with Crippen LogP contribution in [0.1, 0.15) is 24.3 Å². The Morgan fingerprint density at radius 3 is 2.78 bits per heavy atom. The molecule has 1 aromatic rings. The zero-order chi connectivity index (χ0) is 6.48. The Morgan fingerprint density at radius 1 is 1.56 bits per heavy atom. The fraction of sp³-hybridized carbons (Fsp3) is 0.500. The summed E-state index contributed by atoms with van der Waals surface area (Å²) in [5, 5.41) is 2.19. The molecule has 0 amide bonds. The molecule has 48 valence electrons. The van der Waals surface area contributed by atoms with Crippen molar-refractivity contribution in [3.05, 3.63) is 21.9 Å². The minimum absolute atomic E-state index is 0.495. The second-order valence-electron chi connectivity index (χ2n) is 3.32. The highest BCUT2D eigenvalue weighted by atomic mass is 32.1. The Balaban J connectivity index is 2.53. The van der Waals surface area contributed by atoms with Crippen LogP contribution in [0.4, 0.5) is 0 Å². The molecule has 0 aliphatic heterocycles. The molecule has 1 aliphatic rings. The third-order valence-corrected chi connectivity index (χ3v) is 3.00. The van der Waals surface area contributed by atoms with Crippen LogP contribution in [0, 0.1) is 0 Å². The van der Waals surface area contributed by atoms with Gasteiger partial charge in [-0.3, -0.25) is 0 Å². The van der Waals surface area contributed by atoms with Crippen LogP contribution in [-0.2, 0) is 11.8 Å². The van der Waals surface area contributed by atoms with E-state index in [0.29, 0.717) is 5.41 Å². The second kappa shape index (κ2) is 1.40. The number of hydrogen-bond acceptors (Lipinski definition) is 1. The van der Waals surface area contributed by atoms with Gasteiger partial charge in [0.1, 0.15) is 0 Å². The highest BCUT2D eigenvalue weighted by Crippen LogP contribution is 2.43. The van der Waals surface area contributed by atoms with Crippen LogP contribution in [0.2, 0.25) is 0 Å². The maximum absolute atomic E-state index is 2.31. The van der Waals surface area contributed by atoms with E-state index >= 15 is 0 Å². The summed E-state index contributed by atoms with van der Waals surface area (Å²) >= 11 is 1.89. The number of thiophene rings is 1. The van der Waals surface area contributed by atoms with Gasteiger partial charge in [0.15, 0.2) is 0 Å². The summed E-state index contributed by atoms with van der Waals surface area (Å²) in [6, 6.07) is 2.25. The Morgan fingerprint density at radius 2 is 2.33 bits per heavy atom. The van der Waals surface area contributed by atoms with E-state index in [2.05, 4.69) is 25.3 Å². The van der Waals surface area contributed by atoms with Crippen LogP contribution in [0.25, 0.3) is 0 Å². The van der Waals surface area contributed by atoms with Gasteiger partial charge < -0.3 is 0 Å². The lowest BCUT2D eigenvalue weighted by atomic mass is 9.72. The zero-order valence-corrected chi connectivity index (χ0v) is 6.59. The minimum atomic E-state index is 0.495. The molecule has 0 bridgehead atoms. The molecule has 0 spiro atoms. The molecule has 1 heteroatoms. The van der Waals surface area contributed by atoms with Gasteiger partial charge in [0.25, 0.3) is 0 Å². The van der Waals surface area contributed by atoms with E-state index in [1.807, 2.05) is 11.3 Å². The molecule has 2 rings (SSSR count). The van der Waals surface area contributed by atoms with Crippen molar-refractivity contribution in [3.8, 4) is 0 Å². The number of hydrogen-bond donors (Lipinski definition) is 0. The largest absolute Gasteiger partial charge is 0.149 e. The highest BCUT2D eigenvalue weighted by Gasteiger charge is 2.34. The van der Waals surface area contributed by atoms with Gasteiger partial charge in [0, 0.05) is 4.88 Å². The molecule has 0 radical (unpaired) electrons. The molecule has 0 nitrogen and oxygen atoms in total. The first-order valence-electron chi connectivity index (χ1n) is 3.27. The zero-order valence-electron chi connectivity index (χ0n) is 5.77. The summed E-state index contributed by atoms with van der Waals surface area (Å²) < 4.78 is 0. The maximum Gasteiger partial charge on any atom is 0.00914 e. The van der Waals surface area contributed by atoms with Crippen molar-refractivity contribution in [2.75, 3.05) is 0 Å². The summed E-state index contributed by atoms with van der Waals surface area (Å²) in [6.45, 7) is 4.62. The smallest absolute Gasteiger partial charge is 0.00914 e. The lowest BCUT2D eigenvalue weighted by Crippen LogP contribution is -2.29. The van der Waals surface area contributed by atoms with Crippen LogP contribution in [-0.4, -0.2) is 0 Å². The van der Waals surface area contributed by atoms with Crippen molar-refractivity contribution in [1.29, 1.82) is 0 Å². The Hall–Kier alpha value is -0.300. The SMILES string of the molecule is CC1(C)Cc2sccc21. The first-order valence-corrected chi connectivity index (χ1v) is 4.15. The third-order valence-electron chi connectivity index (χ3n) is 2.08. The Labute approximate surface area is 59.5 Å². The topological polar surface area (TPSA) is 0 Å². The molecule has 0 atom stereocenters. The summed E-state index contributed by atoms with van der Waals surface area (Å²) in [5.74, 6) is 0. The van der Waals surface area contributed by atoms with E-state index in [1.165, 1.54) is 6.42 Å². The maximum atomic E-state index is 2.31. The van der Waals surface area contributed by atoms with Crippen molar-refractivity contribution in [1.82, 2.24) is 0 Å². The number of fused-ring (bicyclic) bond motifs is 1. The van der Waals surface area contributed by atoms with Gasteiger partial charge in [-0.1, -0.05) is 13.8 Å². The van der Waals surface area contributed by atoms with E-state index in [0.717, 1.165) is 0 Å².